The second kappa shape index (κ2) is 2.57. The van der Waals surface area contributed by atoms with Crippen LogP contribution in [0, 0.1) is 0 Å². The number of nitrogens with two attached hydrogens (primary N) is 1. The Hall–Kier alpha value is -0.870. The van der Waals surface area contributed by atoms with Crippen molar-refractivity contribution in [3.05, 3.63) is 18.2 Å². The van der Waals surface area contributed by atoms with Gasteiger partial charge in [-0.1, -0.05) is 0 Å². The third-order valence-electron chi connectivity index (χ3n) is 1.67. The molecule has 2 aromatic rings. The average Bonchev–Trinajstić information content (AvgIpc) is 2.31. The van der Waals surface area contributed by atoms with Gasteiger partial charge in [-0.3, -0.25) is 0 Å². The van der Waals surface area contributed by atoms with Crippen LogP contribution in [0.4, 0.5) is 5.00 Å². The zero-order valence-corrected chi connectivity index (χ0v) is 7.82. The summed E-state index contributed by atoms with van der Waals surface area (Å²) >= 11 is 5.71. The van der Waals surface area contributed by atoms with Crippen molar-refractivity contribution in [1.29, 1.82) is 0 Å². The normalized spacial score (nSPS) is 10.8. The lowest BCUT2D eigenvalue weighted by Crippen LogP contribution is -1.77. The van der Waals surface area contributed by atoms with E-state index in [0.717, 1.165) is 15.0 Å². The van der Waals surface area contributed by atoms with Gasteiger partial charge in [-0.25, -0.2) is 0 Å². The van der Waals surface area contributed by atoms with E-state index in [1.165, 1.54) is 11.3 Å². The predicted octanol–water partition coefficient (Wildman–Crippen LogP) is 2.48. The van der Waals surface area contributed by atoms with E-state index in [1.54, 1.807) is 12.1 Å². The highest BCUT2D eigenvalue weighted by atomic mass is 32.1. The van der Waals surface area contributed by atoms with Gasteiger partial charge in [0.15, 0.2) is 0 Å². The van der Waals surface area contributed by atoms with Crippen molar-refractivity contribution in [2.24, 2.45) is 0 Å². The first-order valence-electron chi connectivity index (χ1n) is 3.38. The van der Waals surface area contributed by atoms with E-state index < -0.39 is 0 Å². The van der Waals surface area contributed by atoms with Gasteiger partial charge in [0.2, 0.25) is 0 Å². The number of rotatable bonds is 0. The maximum atomic E-state index is 9.19. The molecule has 1 aromatic heterocycles. The number of phenols is 1. The van der Waals surface area contributed by atoms with Gasteiger partial charge in [-0.2, -0.15) is 0 Å². The lowest BCUT2D eigenvalue weighted by molar-refractivity contribution is 0.476. The summed E-state index contributed by atoms with van der Waals surface area (Å²) in [6.45, 7) is 0. The SMILES string of the molecule is Nc1sc2ccc(O)cc2c1S. The summed E-state index contributed by atoms with van der Waals surface area (Å²) in [4.78, 5) is 0.755. The van der Waals surface area contributed by atoms with Crippen molar-refractivity contribution in [3.8, 4) is 5.75 Å². The molecule has 62 valence electrons. The quantitative estimate of drug-likeness (QED) is 0.568. The highest BCUT2D eigenvalue weighted by molar-refractivity contribution is 7.81. The smallest absolute Gasteiger partial charge is 0.116 e. The summed E-state index contributed by atoms with van der Waals surface area (Å²) in [5, 5.41) is 10.8. The molecule has 0 amide bonds. The minimum Gasteiger partial charge on any atom is -0.508 e. The molecule has 0 radical (unpaired) electrons. The van der Waals surface area contributed by atoms with Crippen LogP contribution in [-0.4, -0.2) is 5.11 Å². The Bertz CT molecular complexity index is 436. The number of fused-ring (bicyclic) bond motifs is 1. The Labute approximate surface area is 79.0 Å². The number of thiol groups is 1. The molecule has 1 heterocycles. The maximum absolute atomic E-state index is 9.19. The fourth-order valence-corrected chi connectivity index (χ4v) is 2.34. The van der Waals surface area contributed by atoms with E-state index >= 15 is 0 Å². The van der Waals surface area contributed by atoms with Gasteiger partial charge in [-0.05, 0) is 18.2 Å². The molecule has 0 atom stereocenters. The van der Waals surface area contributed by atoms with Gasteiger partial charge in [0.1, 0.15) is 10.8 Å². The first-order chi connectivity index (χ1) is 5.68. The van der Waals surface area contributed by atoms with Crippen molar-refractivity contribution in [2.75, 3.05) is 5.73 Å². The highest BCUT2D eigenvalue weighted by Gasteiger charge is 2.05. The second-order valence-electron chi connectivity index (χ2n) is 2.50. The summed E-state index contributed by atoms with van der Waals surface area (Å²) in [5.74, 6) is 0.246. The minimum absolute atomic E-state index is 0.246. The predicted molar refractivity (Wildman–Crippen MR) is 55.2 cm³/mol. The number of thiophene rings is 1. The summed E-state index contributed by atoms with van der Waals surface area (Å²) in [6, 6.07) is 5.15. The fourth-order valence-electron chi connectivity index (χ4n) is 1.09. The monoisotopic (exact) mass is 197 g/mol. The Morgan fingerprint density at radius 2 is 2.17 bits per heavy atom. The third kappa shape index (κ3) is 1.04. The van der Waals surface area contributed by atoms with Gasteiger partial charge in [0, 0.05) is 15.0 Å². The molecule has 1 aromatic carbocycles. The van der Waals surface area contributed by atoms with Crippen molar-refractivity contribution in [3.63, 3.8) is 0 Å². The number of hydrogen-bond acceptors (Lipinski definition) is 4. The molecule has 0 unspecified atom stereocenters. The van der Waals surface area contributed by atoms with E-state index in [0.29, 0.717) is 5.00 Å². The van der Waals surface area contributed by atoms with Crippen LogP contribution in [0.5, 0.6) is 5.75 Å². The zero-order valence-electron chi connectivity index (χ0n) is 6.11. The summed E-state index contributed by atoms with van der Waals surface area (Å²) in [5.41, 5.74) is 5.66. The molecule has 0 saturated carbocycles. The van der Waals surface area contributed by atoms with Gasteiger partial charge >= 0.3 is 0 Å². The maximum Gasteiger partial charge on any atom is 0.116 e. The van der Waals surface area contributed by atoms with Crippen LogP contribution in [0.1, 0.15) is 0 Å². The third-order valence-corrected chi connectivity index (χ3v) is 3.30. The Morgan fingerprint density at radius 3 is 2.92 bits per heavy atom. The molecular weight excluding hydrogens is 190 g/mol. The van der Waals surface area contributed by atoms with Crippen LogP contribution in [0.2, 0.25) is 0 Å². The molecule has 2 rings (SSSR count). The van der Waals surface area contributed by atoms with Gasteiger partial charge in [0.05, 0.1) is 0 Å². The number of benzene rings is 1. The average molecular weight is 197 g/mol. The molecule has 0 fully saturated rings. The van der Waals surface area contributed by atoms with Crippen molar-refractivity contribution in [1.82, 2.24) is 0 Å². The Morgan fingerprint density at radius 1 is 1.42 bits per heavy atom. The van der Waals surface area contributed by atoms with Crippen LogP contribution >= 0.6 is 24.0 Å². The molecular formula is C8H7NOS2. The minimum atomic E-state index is 0.246. The van der Waals surface area contributed by atoms with E-state index in [-0.39, 0.29) is 5.75 Å². The molecule has 0 aliphatic carbocycles. The van der Waals surface area contributed by atoms with Crippen LogP contribution in [0.25, 0.3) is 10.1 Å². The standard InChI is InChI=1S/C8H7NOS2/c9-8-7(11)5-3-4(10)1-2-6(5)12-8/h1-3,10-11H,9H2. The lowest BCUT2D eigenvalue weighted by atomic mass is 10.2. The van der Waals surface area contributed by atoms with E-state index in [9.17, 15) is 5.11 Å². The molecule has 0 saturated heterocycles. The van der Waals surface area contributed by atoms with Crippen molar-refractivity contribution >= 4 is 39.1 Å². The summed E-state index contributed by atoms with van der Waals surface area (Å²) in [7, 11) is 0. The van der Waals surface area contributed by atoms with E-state index in [1.807, 2.05) is 6.07 Å². The van der Waals surface area contributed by atoms with Crippen LogP contribution in [0.3, 0.4) is 0 Å². The summed E-state index contributed by atoms with van der Waals surface area (Å²) < 4.78 is 1.05. The number of nitrogen functional groups attached to an aromatic ring is 1. The molecule has 0 aliphatic rings. The molecule has 12 heavy (non-hydrogen) atoms. The van der Waals surface area contributed by atoms with Gasteiger partial charge in [-0.15, -0.1) is 24.0 Å². The second-order valence-corrected chi connectivity index (χ2v) is 4.03. The largest absolute Gasteiger partial charge is 0.508 e. The zero-order chi connectivity index (χ0) is 8.72. The van der Waals surface area contributed by atoms with E-state index in [4.69, 9.17) is 5.73 Å². The summed E-state index contributed by atoms with van der Waals surface area (Å²) in [6.07, 6.45) is 0. The lowest BCUT2D eigenvalue weighted by Gasteiger charge is -1.92. The molecule has 0 bridgehead atoms. The topological polar surface area (TPSA) is 46.2 Å². The fraction of sp³-hybridized carbons (Fsp3) is 0. The molecule has 4 heteroatoms. The number of aromatic hydroxyl groups is 1. The van der Waals surface area contributed by atoms with Crippen molar-refractivity contribution < 1.29 is 5.11 Å². The van der Waals surface area contributed by atoms with E-state index in [2.05, 4.69) is 12.6 Å². The number of phenolic OH excluding ortho intramolecular Hbond substituents is 1. The Kier molecular flexibility index (Phi) is 1.66. The van der Waals surface area contributed by atoms with Gasteiger partial charge in [0.25, 0.3) is 0 Å². The highest BCUT2D eigenvalue weighted by Crippen LogP contribution is 2.37. The van der Waals surface area contributed by atoms with Crippen LogP contribution in [-0.2, 0) is 0 Å². The molecule has 0 aliphatic heterocycles. The number of anilines is 1. The first kappa shape index (κ1) is 7.76. The van der Waals surface area contributed by atoms with Crippen molar-refractivity contribution in [2.45, 2.75) is 4.90 Å². The molecule has 3 N–H and O–H groups in total. The number of hydrogen-bond donors (Lipinski definition) is 3. The Balaban J connectivity index is 2.88. The van der Waals surface area contributed by atoms with Crippen LogP contribution in [0.15, 0.2) is 23.1 Å². The van der Waals surface area contributed by atoms with Gasteiger partial charge < -0.3 is 10.8 Å². The molecule has 2 nitrogen and oxygen atoms in total. The molecule has 0 spiro atoms. The van der Waals surface area contributed by atoms with Crippen LogP contribution < -0.4 is 5.73 Å². The first-order valence-corrected chi connectivity index (χ1v) is 4.65.